The zero-order valence-electron chi connectivity index (χ0n) is 15.3. The van der Waals surface area contributed by atoms with E-state index in [0.717, 1.165) is 25.7 Å². The van der Waals surface area contributed by atoms with Gasteiger partial charge in [0.05, 0.1) is 13.2 Å². The van der Waals surface area contributed by atoms with Crippen molar-refractivity contribution >= 4 is 11.9 Å². The fourth-order valence-corrected chi connectivity index (χ4v) is 3.15. The van der Waals surface area contributed by atoms with E-state index >= 15 is 0 Å². The normalized spacial score (nSPS) is 14.8. The number of aromatic nitrogens is 2. The summed E-state index contributed by atoms with van der Waals surface area (Å²) >= 11 is 0. The highest BCUT2D eigenvalue weighted by Gasteiger charge is 2.23. The molecule has 3 rings (SSSR count). The molecule has 7 nitrogen and oxygen atoms in total. The lowest BCUT2D eigenvalue weighted by Crippen LogP contribution is -2.24. The molecule has 1 aromatic carbocycles. The van der Waals surface area contributed by atoms with E-state index in [9.17, 15) is 4.79 Å². The number of hydrogen-bond acceptors (Lipinski definition) is 6. The van der Waals surface area contributed by atoms with Crippen LogP contribution in [0.5, 0.6) is 11.5 Å². The molecular weight excluding hydrogens is 334 g/mol. The summed E-state index contributed by atoms with van der Waals surface area (Å²) in [5, 5.41) is 10.7. The molecule has 2 aromatic rings. The maximum Gasteiger partial charge on any atom is 0.322 e. The fraction of sp³-hybridized carbons (Fsp3) is 0.526. The van der Waals surface area contributed by atoms with Crippen LogP contribution in [0.3, 0.4) is 0 Å². The molecule has 0 unspecified atom stereocenters. The topological polar surface area (TPSA) is 86.5 Å². The fourth-order valence-electron chi connectivity index (χ4n) is 3.15. The summed E-state index contributed by atoms with van der Waals surface area (Å²) in [6.45, 7) is 4.91. The second-order valence-corrected chi connectivity index (χ2v) is 6.26. The van der Waals surface area contributed by atoms with Crippen molar-refractivity contribution in [2.45, 2.75) is 46.0 Å². The Morgan fingerprint density at radius 2 is 1.85 bits per heavy atom. The van der Waals surface area contributed by atoms with E-state index in [4.69, 9.17) is 13.9 Å². The molecule has 1 aromatic heterocycles. The van der Waals surface area contributed by atoms with Crippen LogP contribution in [0.15, 0.2) is 22.6 Å². The quantitative estimate of drug-likeness (QED) is 0.802. The van der Waals surface area contributed by atoms with Gasteiger partial charge in [-0.2, -0.15) is 0 Å². The first-order valence-electron chi connectivity index (χ1n) is 9.25. The van der Waals surface area contributed by atoms with Gasteiger partial charge in [-0.25, -0.2) is 0 Å². The molecule has 26 heavy (non-hydrogen) atoms. The minimum atomic E-state index is -0.0402. The van der Waals surface area contributed by atoms with Crippen LogP contribution < -0.4 is 14.8 Å². The van der Waals surface area contributed by atoms with Crippen LogP contribution in [0.25, 0.3) is 11.5 Å². The molecule has 0 spiro atoms. The van der Waals surface area contributed by atoms with Gasteiger partial charge in [0.15, 0.2) is 11.5 Å². The molecule has 1 heterocycles. The molecule has 7 heteroatoms. The molecule has 1 amide bonds. The Balaban J connectivity index is 1.72. The van der Waals surface area contributed by atoms with Gasteiger partial charge < -0.3 is 13.9 Å². The second kappa shape index (κ2) is 8.69. The number of hydrogen-bond donors (Lipinski definition) is 1. The largest absolute Gasteiger partial charge is 0.490 e. The molecule has 1 N–H and O–H groups in total. The van der Waals surface area contributed by atoms with E-state index < -0.39 is 0 Å². The van der Waals surface area contributed by atoms with E-state index in [1.165, 1.54) is 6.42 Å². The predicted octanol–water partition coefficient (Wildman–Crippen LogP) is 4.05. The van der Waals surface area contributed by atoms with Crippen LogP contribution in [-0.2, 0) is 4.79 Å². The highest BCUT2D eigenvalue weighted by molar-refractivity contribution is 5.90. The van der Waals surface area contributed by atoms with Gasteiger partial charge in [-0.05, 0) is 44.9 Å². The van der Waals surface area contributed by atoms with Gasteiger partial charge >= 0.3 is 6.01 Å². The SMILES string of the molecule is CCOc1ccc(-c2nnc(NC(=O)C3CCCCC3)o2)cc1OCC. The molecule has 0 bridgehead atoms. The zero-order valence-corrected chi connectivity index (χ0v) is 15.3. The summed E-state index contributed by atoms with van der Waals surface area (Å²) in [7, 11) is 0. The van der Waals surface area contributed by atoms with Gasteiger partial charge in [0.25, 0.3) is 0 Å². The van der Waals surface area contributed by atoms with E-state index in [1.807, 2.05) is 26.0 Å². The van der Waals surface area contributed by atoms with Gasteiger partial charge in [-0.1, -0.05) is 24.4 Å². The summed E-state index contributed by atoms with van der Waals surface area (Å²) in [6, 6.07) is 5.57. The first-order valence-corrected chi connectivity index (χ1v) is 9.25. The minimum Gasteiger partial charge on any atom is -0.490 e. The van der Waals surface area contributed by atoms with E-state index in [1.54, 1.807) is 6.07 Å². The summed E-state index contributed by atoms with van der Waals surface area (Å²) in [5.74, 6) is 1.62. The third kappa shape index (κ3) is 4.33. The van der Waals surface area contributed by atoms with Crippen molar-refractivity contribution in [2.75, 3.05) is 18.5 Å². The lowest BCUT2D eigenvalue weighted by atomic mass is 9.89. The standard InChI is InChI=1S/C19H25N3O4/c1-3-24-15-11-10-14(12-16(15)25-4-2)18-21-22-19(26-18)20-17(23)13-8-6-5-7-9-13/h10-13H,3-9H2,1-2H3,(H,20,22,23). The number of ether oxygens (including phenoxy) is 2. The van der Waals surface area contributed by atoms with Crippen molar-refractivity contribution in [2.24, 2.45) is 5.92 Å². The van der Waals surface area contributed by atoms with E-state index in [0.29, 0.717) is 36.2 Å². The third-order valence-corrected chi connectivity index (χ3v) is 4.42. The Labute approximate surface area is 153 Å². The van der Waals surface area contributed by atoms with Gasteiger partial charge in [-0.15, -0.1) is 5.10 Å². The number of benzene rings is 1. The van der Waals surface area contributed by atoms with E-state index in [2.05, 4.69) is 15.5 Å². The first kappa shape index (κ1) is 18.2. The van der Waals surface area contributed by atoms with Crippen molar-refractivity contribution in [1.82, 2.24) is 10.2 Å². The van der Waals surface area contributed by atoms with Gasteiger partial charge in [0.1, 0.15) is 0 Å². The van der Waals surface area contributed by atoms with Crippen LogP contribution in [0.1, 0.15) is 46.0 Å². The number of anilines is 1. The number of nitrogens with one attached hydrogen (secondary N) is 1. The second-order valence-electron chi connectivity index (χ2n) is 6.26. The Bertz CT molecular complexity index is 738. The molecule has 1 aliphatic carbocycles. The minimum absolute atomic E-state index is 0.0362. The van der Waals surface area contributed by atoms with Crippen LogP contribution in [0.4, 0.5) is 6.01 Å². The maximum atomic E-state index is 12.3. The molecule has 0 atom stereocenters. The number of rotatable bonds is 7. The average molecular weight is 359 g/mol. The number of carbonyl (C=O) groups excluding carboxylic acids is 1. The molecular formula is C19H25N3O4. The first-order chi connectivity index (χ1) is 12.7. The molecule has 1 fully saturated rings. The number of carbonyl (C=O) groups is 1. The third-order valence-electron chi connectivity index (χ3n) is 4.42. The number of amides is 1. The monoisotopic (exact) mass is 359 g/mol. The zero-order chi connectivity index (χ0) is 18.4. The molecule has 0 aliphatic heterocycles. The van der Waals surface area contributed by atoms with Gasteiger partial charge in [0.2, 0.25) is 11.8 Å². The Hall–Kier alpha value is -2.57. The Morgan fingerprint density at radius 3 is 2.58 bits per heavy atom. The summed E-state index contributed by atoms with van der Waals surface area (Å²) < 4.78 is 16.8. The average Bonchev–Trinajstić information content (AvgIpc) is 3.13. The molecule has 140 valence electrons. The van der Waals surface area contributed by atoms with Crippen LogP contribution in [-0.4, -0.2) is 29.3 Å². The van der Waals surface area contributed by atoms with Crippen molar-refractivity contribution in [3.63, 3.8) is 0 Å². The molecule has 1 saturated carbocycles. The Kier molecular flexibility index (Phi) is 6.09. The lowest BCUT2D eigenvalue weighted by molar-refractivity contribution is -0.120. The summed E-state index contributed by atoms with van der Waals surface area (Å²) in [4.78, 5) is 12.3. The lowest BCUT2D eigenvalue weighted by Gasteiger charge is -2.19. The summed E-state index contributed by atoms with van der Waals surface area (Å²) in [5.41, 5.74) is 0.711. The van der Waals surface area contributed by atoms with E-state index in [-0.39, 0.29) is 17.8 Å². The Morgan fingerprint density at radius 1 is 1.12 bits per heavy atom. The van der Waals surface area contributed by atoms with Crippen molar-refractivity contribution in [3.8, 4) is 23.0 Å². The van der Waals surface area contributed by atoms with Gasteiger partial charge in [-0.3, -0.25) is 10.1 Å². The van der Waals surface area contributed by atoms with Crippen molar-refractivity contribution in [3.05, 3.63) is 18.2 Å². The smallest absolute Gasteiger partial charge is 0.322 e. The van der Waals surface area contributed by atoms with Crippen molar-refractivity contribution < 1.29 is 18.7 Å². The predicted molar refractivity (Wildman–Crippen MR) is 97.3 cm³/mol. The highest BCUT2D eigenvalue weighted by Crippen LogP contribution is 2.33. The molecule has 1 aliphatic rings. The molecule has 0 saturated heterocycles. The van der Waals surface area contributed by atoms with Gasteiger partial charge in [0, 0.05) is 11.5 Å². The van der Waals surface area contributed by atoms with Crippen LogP contribution >= 0.6 is 0 Å². The van der Waals surface area contributed by atoms with Crippen LogP contribution in [0, 0.1) is 5.92 Å². The number of nitrogens with zero attached hydrogens (tertiary/aromatic N) is 2. The van der Waals surface area contributed by atoms with Crippen LogP contribution in [0.2, 0.25) is 0 Å². The maximum absolute atomic E-state index is 12.3. The highest BCUT2D eigenvalue weighted by atomic mass is 16.5. The van der Waals surface area contributed by atoms with Crippen molar-refractivity contribution in [1.29, 1.82) is 0 Å². The molecule has 0 radical (unpaired) electrons. The summed E-state index contributed by atoms with van der Waals surface area (Å²) in [6.07, 6.45) is 5.24.